The van der Waals surface area contributed by atoms with Gasteiger partial charge in [0.05, 0.1) is 0 Å². The molecule has 1 fully saturated rings. The van der Waals surface area contributed by atoms with Crippen LogP contribution in [0.25, 0.3) is 0 Å². The standard InChI is InChI=1S/C19H26/c1-5-6-19-15(3)11-18(12-16(19)4)13-17-9-7-14(2)8-10-17/h11-12,14,17H,7-10,13H2,1-4H3. The Morgan fingerprint density at radius 1 is 1.05 bits per heavy atom. The van der Waals surface area contributed by atoms with Crippen molar-refractivity contribution in [1.29, 1.82) is 0 Å². The first-order valence-corrected chi connectivity index (χ1v) is 7.63. The predicted molar refractivity (Wildman–Crippen MR) is 83.3 cm³/mol. The van der Waals surface area contributed by atoms with Gasteiger partial charge >= 0.3 is 0 Å². The Bertz CT molecular complexity index is 468. The Kier molecular flexibility index (Phi) is 4.70. The Morgan fingerprint density at radius 2 is 1.63 bits per heavy atom. The molecule has 0 radical (unpaired) electrons. The van der Waals surface area contributed by atoms with Gasteiger partial charge in [0, 0.05) is 5.56 Å². The van der Waals surface area contributed by atoms with Crippen molar-refractivity contribution in [2.75, 3.05) is 0 Å². The molecule has 1 aliphatic rings. The van der Waals surface area contributed by atoms with E-state index >= 15 is 0 Å². The van der Waals surface area contributed by atoms with Gasteiger partial charge in [0.2, 0.25) is 0 Å². The topological polar surface area (TPSA) is 0 Å². The summed E-state index contributed by atoms with van der Waals surface area (Å²) in [7, 11) is 0. The maximum Gasteiger partial charge on any atom is 0.0303 e. The minimum atomic E-state index is 0.901. The van der Waals surface area contributed by atoms with E-state index in [4.69, 9.17) is 0 Å². The van der Waals surface area contributed by atoms with Crippen LogP contribution in [0.3, 0.4) is 0 Å². The van der Waals surface area contributed by atoms with Crippen LogP contribution in [0.15, 0.2) is 12.1 Å². The largest absolute Gasteiger partial charge is 0.101 e. The molecule has 1 aliphatic carbocycles. The van der Waals surface area contributed by atoms with Gasteiger partial charge in [-0.3, -0.25) is 0 Å². The zero-order valence-electron chi connectivity index (χ0n) is 12.8. The molecule has 1 saturated carbocycles. The number of hydrogen-bond acceptors (Lipinski definition) is 0. The highest BCUT2D eigenvalue weighted by Crippen LogP contribution is 2.31. The average molecular weight is 254 g/mol. The molecule has 0 heterocycles. The van der Waals surface area contributed by atoms with E-state index in [0.717, 1.165) is 11.8 Å². The predicted octanol–water partition coefficient (Wildman–Crippen LogP) is 5.04. The third-order valence-electron chi connectivity index (χ3n) is 4.50. The van der Waals surface area contributed by atoms with Crippen molar-refractivity contribution in [3.8, 4) is 11.8 Å². The van der Waals surface area contributed by atoms with E-state index < -0.39 is 0 Å². The molecule has 19 heavy (non-hydrogen) atoms. The highest BCUT2D eigenvalue weighted by molar-refractivity contribution is 5.48. The van der Waals surface area contributed by atoms with Crippen LogP contribution in [0.1, 0.15) is 61.8 Å². The maximum absolute atomic E-state index is 3.23. The van der Waals surface area contributed by atoms with Crippen molar-refractivity contribution in [2.45, 2.75) is 59.8 Å². The lowest BCUT2D eigenvalue weighted by atomic mass is 9.79. The van der Waals surface area contributed by atoms with Gasteiger partial charge in [0.15, 0.2) is 0 Å². The zero-order valence-corrected chi connectivity index (χ0v) is 12.8. The van der Waals surface area contributed by atoms with E-state index in [1.54, 1.807) is 0 Å². The van der Waals surface area contributed by atoms with E-state index in [-0.39, 0.29) is 0 Å². The van der Waals surface area contributed by atoms with Gasteiger partial charge < -0.3 is 0 Å². The molecule has 102 valence electrons. The normalized spacial score (nSPS) is 22.7. The van der Waals surface area contributed by atoms with Gasteiger partial charge in [-0.25, -0.2) is 0 Å². The lowest BCUT2D eigenvalue weighted by molar-refractivity contribution is 0.289. The summed E-state index contributed by atoms with van der Waals surface area (Å²) >= 11 is 0. The Balaban J connectivity index is 2.11. The summed E-state index contributed by atoms with van der Waals surface area (Å²) < 4.78 is 0. The minimum absolute atomic E-state index is 0.901. The second-order valence-electron chi connectivity index (χ2n) is 6.31. The highest BCUT2D eigenvalue weighted by Gasteiger charge is 2.18. The van der Waals surface area contributed by atoms with Crippen LogP contribution < -0.4 is 0 Å². The van der Waals surface area contributed by atoms with Gasteiger partial charge in [-0.2, -0.15) is 0 Å². The van der Waals surface area contributed by atoms with Crippen molar-refractivity contribution in [1.82, 2.24) is 0 Å². The zero-order chi connectivity index (χ0) is 13.8. The molecule has 0 atom stereocenters. The van der Waals surface area contributed by atoms with E-state index in [0.29, 0.717) is 0 Å². The van der Waals surface area contributed by atoms with Gasteiger partial charge in [-0.15, -0.1) is 5.92 Å². The molecular formula is C19H26. The minimum Gasteiger partial charge on any atom is -0.101 e. The summed E-state index contributed by atoms with van der Waals surface area (Å²) in [5.74, 6) is 8.10. The van der Waals surface area contributed by atoms with Crippen LogP contribution in [0.2, 0.25) is 0 Å². The Hall–Kier alpha value is -1.22. The summed E-state index contributed by atoms with van der Waals surface area (Å²) in [6, 6.07) is 4.70. The third kappa shape index (κ3) is 3.63. The summed E-state index contributed by atoms with van der Waals surface area (Å²) in [6.07, 6.45) is 6.92. The van der Waals surface area contributed by atoms with Crippen molar-refractivity contribution < 1.29 is 0 Å². The molecule has 0 spiro atoms. The summed E-state index contributed by atoms with van der Waals surface area (Å²) in [5, 5.41) is 0. The second kappa shape index (κ2) is 6.29. The van der Waals surface area contributed by atoms with E-state index in [1.165, 1.54) is 54.4 Å². The van der Waals surface area contributed by atoms with Crippen molar-refractivity contribution in [3.05, 3.63) is 34.4 Å². The number of hydrogen-bond donors (Lipinski definition) is 0. The summed E-state index contributed by atoms with van der Waals surface area (Å²) in [5.41, 5.74) is 5.42. The molecule has 0 aromatic heterocycles. The molecule has 0 aliphatic heterocycles. The van der Waals surface area contributed by atoms with Crippen LogP contribution in [0.4, 0.5) is 0 Å². The van der Waals surface area contributed by atoms with Gasteiger partial charge in [0.25, 0.3) is 0 Å². The fourth-order valence-corrected chi connectivity index (χ4v) is 3.36. The molecule has 2 rings (SSSR count). The fourth-order valence-electron chi connectivity index (χ4n) is 3.36. The maximum atomic E-state index is 3.23. The van der Waals surface area contributed by atoms with Crippen molar-refractivity contribution >= 4 is 0 Å². The van der Waals surface area contributed by atoms with Gasteiger partial charge in [0.1, 0.15) is 0 Å². The van der Waals surface area contributed by atoms with Crippen LogP contribution in [-0.4, -0.2) is 0 Å². The number of aryl methyl sites for hydroxylation is 2. The SMILES string of the molecule is CC#Cc1c(C)cc(CC2CCC(C)CC2)cc1C. The van der Waals surface area contributed by atoms with E-state index in [9.17, 15) is 0 Å². The van der Waals surface area contributed by atoms with E-state index in [1.807, 2.05) is 6.92 Å². The van der Waals surface area contributed by atoms with Crippen molar-refractivity contribution in [2.24, 2.45) is 11.8 Å². The number of benzene rings is 1. The molecule has 1 aromatic carbocycles. The fraction of sp³-hybridized carbons (Fsp3) is 0.579. The van der Waals surface area contributed by atoms with Crippen LogP contribution in [0, 0.1) is 37.5 Å². The molecule has 0 bridgehead atoms. The van der Waals surface area contributed by atoms with Crippen LogP contribution in [0.5, 0.6) is 0 Å². The molecule has 0 amide bonds. The lowest BCUT2D eigenvalue weighted by Gasteiger charge is -2.26. The first-order valence-electron chi connectivity index (χ1n) is 7.63. The monoisotopic (exact) mass is 254 g/mol. The lowest BCUT2D eigenvalue weighted by Crippen LogP contribution is -2.14. The molecule has 0 heteroatoms. The van der Waals surface area contributed by atoms with Gasteiger partial charge in [-0.05, 0) is 68.6 Å². The van der Waals surface area contributed by atoms with Gasteiger partial charge in [-0.1, -0.05) is 37.8 Å². The highest BCUT2D eigenvalue weighted by atomic mass is 14.2. The molecule has 0 saturated heterocycles. The first-order chi connectivity index (χ1) is 9.10. The first kappa shape index (κ1) is 14.2. The molecule has 0 unspecified atom stereocenters. The smallest absolute Gasteiger partial charge is 0.0303 e. The third-order valence-corrected chi connectivity index (χ3v) is 4.50. The Labute approximate surface area is 118 Å². The molecular weight excluding hydrogens is 228 g/mol. The Morgan fingerprint density at radius 3 is 2.16 bits per heavy atom. The van der Waals surface area contributed by atoms with Crippen molar-refractivity contribution in [3.63, 3.8) is 0 Å². The summed E-state index contributed by atoms with van der Waals surface area (Å²) in [6.45, 7) is 8.69. The van der Waals surface area contributed by atoms with Crippen LogP contribution in [-0.2, 0) is 6.42 Å². The van der Waals surface area contributed by atoms with Crippen LogP contribution >= 0.6 is 0 Å². The molecule has 0 nitrogen and oxygen atoms in total. The number of rotatable bonds is 2. The quantitative estimate of drug-likeness (QED) is 0.648. The molecule has 1 aromatic rings. The molecule has 0 N–H and O–H groups in total. The second-order valence-corrected chi connectivity index (χ2v) is 6.31. The van der Waals surface area contributed by atoms with E-state index in [2.05, 4.69) is 44.7 Å². The summed E-state index contributed by atoms with van der Waals surface area (Å²) in [4.78, 5) is 0. The average Bonchev–Trinajstić information content (AvgIpc) is 2.37.